The van der Waals surface area contributed by atoms with Gasteiger partial charge in [0.25, 0.3) is 5.91 Å². The number of carbonyl (C=O) groups is 1. The van der Waals surface area contributed by atoms with Gasteiger partial charge in [-0.1, -0.05) is 6.92 Å². The zero-order chi connectivity index (χ0) is 12.2. The van der Waals surface area contributed by atoms with Crippen molar-refractivity contribution in [2.75, 3.05) is 18.8 Å². The molecule has 1 aliphatic carbocycles. The average Bonchev–Trinajstić information content (AvgIpc) is 2.68. The third kappa shape index (κ3) is 1.45. The summed E-state index contributed by atoms with van der Waals surface area (Å²) in [5.41, 5.74) is 7.23. The molecule has 3 N–H and O–H groups in total. The highest BCUT2D eigenvalue weighted by atomic mass is 16.2. The van der Waals surface area contributed by atoms with Gasteiger partial charge < -0.3 is 15.6 Å². The molecule has 2 fully saturated rings. The maximum atomic E-state index is 12.3. The summed E-state index contributed by atoms with van der Waals surface area (Å²) in [4.78, 5) is 21.2. The molecular formula is C12H18N4O. The molecule has 5 heteroatoms. The molecule has 0 radical (unpaired) electrons. The Morgan fingerprint density at radius 2 is 2.47 bits per heavy atom. The number of rotatable bonds is 2. The highest BCUT2D eigenvalue weighted by molar-refractivity contribution is 5.94. The Morgan fingerprint density at radius 1 is 1.71 bits per heavy atom. The third-order valence-electron chi connectivity index (χ3n) is 4.40. The van der Waals surface area contributed by atoms with Crippen molar-refractivity contribution in [3.05, 3.63) is 11.4 Å². The van der Waals surface area contributed by atoms with Crippen LogP contribution in [0.3, 0.4) is 0 Å². The quantitative estimate of drug-likeness (QED) is 0.806. The number of hydrogen-bond donors (Lipinski definition) is 2. The maximum absolute atomic E-state index is 12.3. The average molecular weight is 234 g/mol. The number of piperidine rings is 1. The number of nitrogens with two attached hydrogens (primary N) is 1. The fourth-order valence-electron chi connectivity index (χ4n) is 3.14. The van der Waals surface area contributed by atoms with Gasteiger partial charge in [0.05, 0.1) is 0 Å². The molecule has 2 unspecified atom stereocenters. The number of hydrogen-bond acceptors (Lipinski definition) is 3. The summed E-state index contributed by atoms with van der Waals surface area (Å²) in [6.45, 7) is 5.83. The minimum Gasteiger partial charge on any atom is -0.369 e. The van der Waals surface area contributed by atoms with Gasteiger partial charge >= 0.3 is 0 Å². The number of nitrogen functional groups attached to an aromatic ring is 1. The number of nitrogens with one attached hydrogen (secondary N) is 1. The van der Waals surface area contributed by atoms with Crippen molar-refractivity contribution in [2.24, 2.45) is 11.3 Å². The SMILES string of the molecule is CCC12CC1CN(C(=O)c1nc(N)[nH]c1C)C2. The van der Waals surface area contributed by atoms with Gasteiger partial charge in [0.2, 0.25) is 0 Å². The van der Waals surface area contributed by atoms with Gasteiger partial charge in [-0.2, -0.15) is 0 Å². The van der Waals surface area contributed by atoms with E-state index in [0.717, 1.165) is 18.8 Å². The van der Waals surface area contributed by atoms with Gasteiger partial charge in [0.1, 0.15) is 0 Å². The second-order valence-electron chi connectivity index (χ2n) is 5.40. The molecule has 1 amide bonds. The molecule has 0 bridgehead atoms. The first-order valence-electron chi connectivity index (χ1n) is 6.17. The number of carbonyl (C=O) groups excluding carboxylic acids is 1. The summed E-state index contributed by atoms with van der Waals surface area (Å²) in [5.74, 6) is 1.06. The van der Waals surface area contributed by atoms with Crippen molar-refractivity contribution in [3.8, 4) is 0 Å². The van der Waals surface area contributed by atoms with Gasteiger partial charge in [0, 0.05) is 18.8 Å². The fraction of sp³-hybridized carbons (Fsp3) is 0.667. The van der Waals surface area contributed by atoms with E-state index in [4.69, 9.17) is 5.73 Å². The van der Waals surface area contributed by atoms with E-state index in [0.29, 0.717) is 23.0 Å². The van der Waals surface area contributed by atoms with Crippen LogP contribution in [0, 0.1) is 18.3 Å². The van der Waals surface area contributed by atoms with E-state index in [9.17, 15) is 4.79 Å². The van der Waals surface area contributed by atoms with E-state index in [2.05, 4.69) is 16.9 Å². The second-order valence-corrected chi connectivity index (χ2v) is 5.40. The molecule has 92 valence electrons. The van der Waals surface area contributed by atoms with Gasteiger partial charge in [-0.25, -0.2) is 4.98 Å². The number of amides is 1. The zero-order valence-electron chi connectivity index (χ0n) is 10.3. The highest BCUT2D eigenvalue weighted by Crippen LogP contribution is 2.59. The molecule has 17 heavy (non-hydrogen) atoms. The number of nitrogens with zero attached hydrogens (tertiary/aromatic N) is 2. The van der Waals surface area contributed by atoms with Crippen molar-refractivity contribution in [2.45, 2.75) is 26.7 Å². The van der Waals surface area contributed by atoms with E-state index in [1.165, 1.54) is 12.8 Å². The molecule has 5 nitrogen and oxygen atoms in total. The van der Waals surface area contributed by atoms with Gasteiger partial charge in [0.15, 0.2) is 11.6 Å². The lowest BCUT2D eigenvalue weighted by Gasteiger charge is -2.19. The number of imidazole rings is 1. The minimum atomic E-state index is 0.0236. The summed E-state index contributed by atoms with van der Waals surface area (Å²) in [6.07, 6.45) is 2.46. The number of aryl methyl sites for hydroxylation is 1. The van der Waals surface area contributed by atoms with Gasteiger partial charge in [-0.15, -0.1) is 0 Å². The van der Waals surface area contributed by atoms with Gasteiger partial charge in [-0.05, 0) is 31.1 Å². The number of anilines is 1. The number of aromatic amines is 1. The van der Waals surface area contributed by atoms with E-state index in [1.54, 1.807) is 0 Å². The van der Waals surface area contributed by atoms with Crippen LogP contribution in [0.25, 0.3) is 0 Å². The molecule has 2 heterocycles. The predicted octanol–water partition coefficient (Wildman–Crippen LogP) is 1.17. The van der Waals surface area contributed by atoms with Crippen molar-refractivity contribution in [1.29, 1.82) is 0 Å². The fourth-order valence-corrected chi connectivity index (χ4v) is 3.14. The van der Waals surface area contributed by atoms with Gasteiger partial charge in [-0.3, -0.25) is 4.79 Å². The second kappa shape index (κ2) is 3.24. The molecule has 0 aromatic carbocycles. The van der Waals surface area contributed by atoms with Crippen LogP contribution in [0.4, 0.5) is 5.95 Å². The van der Waals surface area contributed by atoms with Crippen LogP contribution in [-0.2, 0) is 0 Å². The topological polar surface area (TPSA) is 75.0 Å². The monoisotopic (exact) mass is 234 g/mol. The molecule has 3 rings (SSSR count). The minimum absolute atomic E-state index is 0.0236. The Hall–Kier alpha value is -1.52. The number of likely N-dealkylation sites (tertiary alicyclic amines) is 1. The van der Waals surface area contributed by atoms with E-state index in [1.807, 2.05) is 11.8 Å². The molecule has 2 atom stereocenters. The van der Waals surface area contributed by atoms with Crippen LogP contribution in [0.5, 0.6) is 0 Å². The molecule has 1 aliphatic heterocycles. The molecule has 0 spiro atoms. The van der Waals surface area contributed by atoms with Crippen LogP contribution in [0.2, 0.25) is 0 Å². The number of fused-ring (bicyclic) bond motifs is 1. The Balaban J connectivity index is 1.79. The first kappa shape index (κ1) is 10.6. The van der Waals surface area contributed by atoms with Crippen molar-refractivity contribution in [3.63, 3.8) is 0 Å². The Kier molecular flexibility index (Phi) is 2.03. The smallest absolute Gasteiger partial charge is 0.274 e. The summed E-state index contributed by atoms with van der Waals surface area (Å²) in [7, 11) is 0. The van der Waals surface area contributed by atoms with E-state index in [-0.39, 0.29) is 5.91 Å². The zero-order valence-corrected chi connectivity index (χ0v) is 10.3. The molecule has 1 saturated heterocycles. The van der Waals surface area contributed by atoms with E-state index >= 15 is 0 Å². The summed E-state index contributed by atoms with van der Waals surface area (Å²) < 4.78 is 0. The lowest BCUT2D eigenvalue weighted by molar-refractivity contribution is 0.0758. The first-order valence-corrected chi connectivity index (χ1v) is 6.17. The first-order chi connectivity index (χ1) is 8.05. The highest BCUT2D eigenvalue weighted by Gasteiger charge is 2.59. The largest absolute Gasteiger partial charge is 0.369 e. The maximum Gasteiger partial charge on any atom is 0.274 e. The molecule has 1 saturated carbocycles. The summed E-state index contributed by atoms with van der Waals surface area (Å²) in [5, 5.41) is 0. The number of aromatic nitrogens is 2. The summed E-state index contributed by atoms with van der Waals surface area (Å²) in [6, 6.07) is 0. The van der Waals surface area contributed by atoms with Crippen molar-refractivity contribution >= 4 is 11.9 Å². The Morgan fingerprint density at radius 3 is 3.00 bits per heavy atom. The summed E-state index contributed by atoms with van der Waals surface area (Å²) >= 11 is 0. The predicted molar refractivity (Wildman–Crippen MR) is 64.5 cm³/mol. The Labute approximate surface area is 100 Å². The number of H-pyrrole nitrogens is 1. The molecule has 1 aromatic heterocycles. The van der Waals surface area contributed by atoms with Crippen molar-refractivity contribution in [1.82, 2.24) is 14.9 Å². The van der Waals surface area contributed by atoms with Crippen LogP contribution in [-0.4, -0.2) is 33.9 Å². The molecule has 1 aromatic rings. The lowest BCUT2D eigenvalue weighted by Crippen LogP contribution is -2.32. The molecular weight excluding hydrogens is 216 g/mol. The standard InChI is InChI=1S/C12H18N4O/c1-3-12-4-8(12)5-16(6-12)10(17)9-7(2)14-11(13)15-9/h8H,3-6H2,1-2H3,(H3,13,14,15). The third-order valence-corrected chi connectivity index (χ3v) is 4.40. The van der Waals surface area contributed by atoms with Crippen LogP contribution in [0.15, 0.2) is 0 Å². The lowest BCUT2D eigenvalue weighted by atomic mass is 10.0. The van der Waals surface area contributed by atoms with Crippen LogP contribution >= 0.6 is 0 Å². The van der Waals surface area contributed by atoms with Crippen LogP contribution < -0.4 is 5.73 Å². The normalized spacial score (nSPS) is 30.5. The molecule has 2 aliphatic rings. The van der Waals surface area contributed by atoms with Crippen LogP contribution in [0.1, 0.15) is 35.9 Å². The Bertz CT molecular complexity index is 477. The van der Waals surface area contributed by atoms with E-state index < -0.39 is 0 Å². The van der Waals surface area contributed by atoms with Crippen molar-refractivity contribution < 1.29 is 4.79 Å².